The molecule has 2 N–H and O–H groups in total. The summed E-state index contributed by atoms with van der Waals surface area (Å²) < 4.78 is 0. The summed E-state index contributed by atoms with van der Waals surface area (Å²) in [6.45, 7) is 0. The van der Waals surface area contributed by atoms with Crippen LogP contribution in [0.4, 0.5) is 0 Å². The molecular weight excluding hydrogens is 226 g/mol. The Morgan fingerprint density at radius 3 is 2.44 bits per heavy atom. The van der Waals surface area contributed by atoms with E-state index < -0.39 is 0 Å². The SMILES string of the molecule is O=c1[nH]c(Cc2ccc(O)cc2)ccc1Cl. The highest BCUT2D eigenvalue weighted by molar-refractivity contribution is 6.30. The fraction of sp³-hybridized carbons (Fsp3) is 0.0833. The molecule has 0 fully saturated rings. The number of aromatic amines is 1. The standard InChI is InChI=1S/C12H10ClNO2/c13-11-6-3-9(14-12(11)16)7-8-1-4-10(15)5-2-8/h1-6,15H,7H2,(H,14,16). The van der Waals surface area contributed by atoms with Gasteiger partial charge in [0.15, 0.2) is 0 Å². The average Bonchev–Trinajstić information content (AvgIpc) is 2.27. The van der Waals surface area contributed by atoms with Crippen LogP contribution in [0.25, 0.3) is 0 Å². The molecule has 0 saturated carbocycles. The number of aromatic nitrogens is 1. The smallest absolute Gasteiger partial charge is 0.266 e. The van der Waals surface area contributed by atoms with Crippen molar-refractivity contribution < 1.29 is 5.11 Å². The molecule has 0 amide bonds. The van der Waals surface area contributed by atoms with Gasteiger partial charge in [-0.1, -0.05) is 23.7 Å². The van der Waals surface area contributed by atoms with Crippen LogP contribution in [-0.4, -0.2) is 10.1 Å². The summed E-state index contributed by atoms with van der Waals surface area (Å²) in [4.78, 5) is 13.9. The highest BCUT2D eigenvalue weighted by Crippen LogP contribution is 2.12. The van der Waals surface area contributed by atoms with Gasteiger partial charge in [0.05, 0.1) is 0 Å². The minimum Gasteiger partial charge on any atom is -0.508 e. The second-order valence-corrected chi connectivity index (χ2v) is 3.91. The van der Waals surface area contributed by atoms with Crippen LogP contribution in [0.15, 0.2) is 41.2 Å². The van der Waals surface area contributed by atoms with Crippen LogP contribution in [0.5, 0.6) is 5.75 Å². The Bertz CT molecular complexity index is 546. The van der Waals surface area contributed by atoms with Crippen LogP contribution in [0.1, 0.15) is 11.3 Å². The molecular formula is C12H10ClNO2. The number of nitrogens with one attached hydrogen (secondary N) is 1. The van der Waals surface area contributed by atoms with E-state index in [0.29, 0.717) is 6.42 Å². The first kappa shape index (κ1) is 10.8. The summed E-state index contributed by atoms with van der Waals surface area (Å²) in [5.41, 5.74) is 1.52. The predicted molar refractivity (Wildman–Crippen MR) is 63.0 cm³/mol. The van der Waals surface area contributed by atoms with Gasteiger partial charge in [0.25, 0.3) is 5.56 Å². The highest BCUT2D eigenvalue weighted by Gasteiger charge is 2.00. The number of phenols is 1. The van der Waals surface area contributed by atoms with Gasteiger partial charge in [0, 0.05) is 12.1 Å². The van der Waals surface area contributed by atoms with E-state index >= 15 is 0 Å². The van der Waals surface area contributed by atoms with Crippen LogP contribution in [-0.2, 0) is 6.42 Å². The maximum atomic E-state index is 11.3. The Balaban J connectivity index is 2.24. The lowest BCUT2D eigenvalue weighted by atomic mass is 10.1. The van der Waals surface area contributed by atoms with Crippen LogP contribution in [0.2, 0.25) is 5.02 Å². The summed E-state index contributed by atoms with van der Waals surface area (Å²) in [5.74, 6) is 0.230. The number of phenolic OH excluding ortho intramolecular Hbond substituents is 1. The van der Waals surface area contributed by atoms with Crippen molar-refractivity contribution in [3.05, 3.63) is 63.0 Å². The molecule has 82 valence electrons. The van der Waals surface area contributed by atoms with Crippen LogP contribution >= 0.6 is 11.6 Å². The topological polar surface area (TPSA) is 53.1 Å². The molecule has 0 radical (unpaired) electrons. The number of hydrogen-bond acceptors (Lipinski definition) is 2. The molecule has 0 saturated heterocycles. The number of rotatable bonds is 2. The monoisotopic (exact) mass is 235 g/mol. The molecule has 1 aromatic heterocycles. The molecule has 0 aliphatic heterocycles. The average molecular weight is 236 g/mol. The van der Waals surface area contributed by atoms with Crippen molar-refractivity contribution in [3.63, 3.8) is 0 Å². The first-order valence-corrected chi connectivity index (χ1v) is 5.18. The number of hydrogen-bond donors (Lipinski definition) is 2. The molecule has 0 bridgehead atoms. The Hall–Kier alpha value is -1.74. The molecule has 16 heavy (non-hydrogen) atoms. The molecule has 3 nitrogen and oxygen atoms in total. The van der Waals surface area contributed by atoms with E-state index in [0.717, 1.165) is 11.3 Å². The maximum absolute atomic E-state index is 11.3. The molecule has 0 spiro atoms. The van der Waals surface area contributed by atoms with Gasteiger partial charge in [0.1, 0.15) is 10.8 Å². The third-order valence-electron chi connectivity index (χ3n) is 2.25. The van der Waals surface area contributed by atoms with Crippen LogP contribution in [0.3, 0.4) is 0 Å². The van der Waals surface area contributed by atoms with Crippen molar-refractivity contribution in [3.8, 4) is 5.75 Å². The Morgan fingerprint density at radius 1 is 1.12 bits per heavy atom. The molecule has 1 aromatic carbocycles. The van der Waals surface area contributed by atoms with Crippen molar-refractivity contribution in [1.82, 2.24) is 4.98 Å². The molecule has 4 heteroatoms. The van der Waals surface area contributed by atoms with E-state index in [1.54, 1.807) is 24.3 Å². The van der Waals surface area contributed by atoms with E-state index in [1.165, 1.54) is 0 Å². The third kappa shape index (κ3) is 2.44. The lowest BCUT2D eigenvalue weighted by Crippen LogP contribution is -2.08. The Labute approximate surface area is 97.3 Å². The van der Waals surface area contributed by atoms with E-state index in [4.69, 9.17) is 16.7 Å². The number of pyridine rings is 1. The van der Waals surface area contributed by atoms with Crippen LogP contribution < -0.4 is 5.56 Å². The Kier molecular flexibility index (Phi) is 2.97. The minimum absolute atomic E-state index is 0.189. The Morgan fingerprint density at radius 2 is 1.81 bits per heavy atom. The molecule has 2 aromatic rings. The fourth-order valence-electron chi connectivity index (χ4n) is 1.43. The molecule has 2 rings (SSSR count). The molecule has 0 aliphatic rings. The van der Waals surface area contributed by atoms with Crippen molar-refractivity contribution in [2.75, 3.05) is 0 Å². The zero-order valence-electron chi connectivity index (χ0n) is 8.40. The second kappa shape index (κ2) is 4.41. The largest absolute Gasteiger partial charge is 0.508 e. The van der Waals surface area contributed by atoms with Crippen LogP contribution in [0, 0.1) is 0 Å². The normalized spacial score (nSPS) is 10.3. The molecule has 0 aliphatic carbocycles. The van der Waals surface area contributed by atoms with E-state index in [-0.39, 0.29) is 16.3 Å². The van der Waals surface area contributed by atoms with Crippen molar-refractivity contribution in [2.45, 2.75) is 6.42 Å². The van der Waals surface area contributed by atoms with E-state index in [9.17, 15) is 4.79 Å². The number of halogens is 1. The molecule has 0 unspecified atom stereocenters. The summed E-state index contributed by atoms with van der Waals surface area (Å²) in [5, 5.41) is 9.32. The quantitative estimate of drug-likeness (QED) is 0.840. The summed E-state index contributed by atoms with van der Waals surface area (Å²) in [7, 11) is 0. The first-order valence-electron chi connectivity index (χ1n) is 4.81. The van der Waals surface area contributed by atoms with Gasteiger partial charge in [-0.15, -0.1) is 0 Å². The van der Waals surface area contributed by atoms with Gasteiger partial charge < -0.3 is 10.1 Å². The zero-order valence-corrected chi connectivity index (χ0v) is 9.16. The first-order chi connectivity index (χ1) is 7.65. The van der Waals surface area contributed by atoms with Gasteiger partial charge in [0.2, 0.25) is 0 Å². The van der Waals surface area contributed by atoms with Gasteiger partial charge in [-0.05, 0) is 29.8 Å². The number of aromatic hydroxyl groups is 1. The lowest BCUT2D eigenvalue weighted by Gasteiger charge is -2.02. The third-order valence-corrected chi connectivity index (χ3v) is 2.55. The fourth-order valence-corrected chi connectivity index (χ4v) is 1.54. The van der Waals surface area contributed by atoms with Crippen molar-refractivity contribution in [1.29, 1.82) is 0 Å². The van der Waals surface area contributed by atoms with Gasteiger partial charge >= 0.3 is 0 Å². The van der Waals surface area contributed by atoms with Gasteiger partial charge in [-0.2, -0.15) is 0 Å². The molecule has 1 heterocycles. The van der Waals surface area contributed by atoms with E-state index in [1.807, 2.05) is 12.1 Å². The van der Waals surface area contributed by atoms with Gasteiger partial charge in [-0.3, -0.25) is 4.79 Å². The van der Waals surface area contributed by atoms with Crippen molar-refractivity contribution >= 4 is 11.6 Å². The van der Waals surface area contributed by atoms with E-state index in [2.05, 4.69) is 4.98 Å². The summed E-state index contributed by atoms with van der Waals surface area (Å²) in [6, 6.07) is 10.2. The number of H-pyrrole nitrogens is 1. The molecule has 0 atom stereocenters. The highest BCUT2D eigenvalue weighted by atomic mass is 35.5. The second-order valence-electron chi connectivity index (χ2n) is 3.50. The number of benzene rings is 1. The summed E-state index contributed by atoms with van der Waals surface area (Å²) >= 11 is 5.63. The van der Waals surface area contributed by atoms with Gasteiger partial charge in [-0.25, -0.2) is 0 Å². The van der Waals surface area contributed by atoms with Crippen molar-refractivity contribution in [2.24, 2.45) is 0 Å². The zero-order chi connectivity index (χ0) is 11.5. The summed E-state index contributed by atoms with van der Waals surface area (Å²) in [6.07, 6.45) is 0.604. The minimum atomic E-state index is -0.280. The lowest BCUT2D eigenvalue weighted by molar-refractivity contribution is 0.475. The maximum Gasteiger partial charge on any atom is 0.266 e. The predicted octanol–water partition coefficient (Wildman–Crippen LogP) is 2.32.